The molecule has 1 atom stereocenters. The fourth-order valence-electron chi connectivity index (χ4n) is 4.69. The molecule has 1 aromatic carbocycles. The van der Waals surface area contributed by atoms with Crippen molar-refractivity contribution in [3.63, 3.8) is 0 Å². The lowest BCUT2D eigenvalue weighted by molar-refractivity contribution is -0.140. The molecule has 1 aromatic rings. The van der Waals surface area contributed by atoms with Crippen LogP contribution >= 0.6 is 0 Å². The van der Waals surface area contributed by atoms with Gasteiger partial charge in [0.1, 0.15) is 0 Å². The number of unbranched alkanes of at least 4 members (excludes halogenated alkanes) is 2. The molecule has 160 valence electrons. The second-order valence-corrected chi connectivity index (χ2v) is 8.56. The summed E-state index contributed by atoms with van der Waals surface area (Å²) in [5, 5.41) is 0. The molecule has 0 aromatic heterocycles. The van der Waals surface area contributed by atoms with Gasteiger partial charge in [-0.25, -0.2) is 13.2 Å². The SMILES string of the molecule is CCCCCc1cc(F)c(OC(=O)[C@H]2CC[C@H](C3CC=C(F)CC3)CC2)c(F)c1. The molecule has 2 nitrogen and oxygen atoms in total. The summed E-state index contributed by atoms with van der Waals surface area (Å²) >= 11 is 0. The lowest BCUT2D eigenvalue weighted by atomic mass is 9.72. The normalized spacial score (nSPS) is 24.8. The Bertz CT molecular complexity index is 713. The maximum Gasteiger partial charge on any atom is 0.314 e. The first-order valence-electron chi connectivity index (χ1n) is 11.0. The summed E-state index contributed by atoms with van der Waals surface area (Å²) in [6.07, 6.45) is 10.4. The number of hydrogen-bond acceptors (Lipinski definition) is 2. The lowest BCUT2D eigenvalue weighted by Gasteiger charge is -2.34. The summed E-state index contributed by atoms with van der Waals surface area (Å²) < 4.78 is 47.0. The van der Waals surface area contributed by atoms with E-state index in [0.717, 1.165) is 44.9 Å². The Morgan fingerprint density at radius 1 is 1.00 bits per heavy atom. The highest BCUT2D eigenvalue weighted by molar-refractivity contribution is 5.75. The molecule has 0 saturated heterocycles. The molecule has 0 radical (unpaired) electrons. The van der Waals surface area contributed by atoms with E-state index in [9.17, 15) is 18.0 Å². The number of aryl methyl sites for hydroxylation is 1. The van der Waals surface area contributed by atoms with Crippen LogP contribution in [0.3, 0.4) is 0 Å². The fraction of sp³-hybridized carbons (Fsp3) is 0.625. The molecule has 0 aliphatic heterocycles. The van der Waals surface area contributed by atoms with E-state index in [1.807, 2.05) is 0 Å². The molecule has 1 saturated carbocycles. The van der Waals surface area contributed by atoms with Crippen molar-refractivity contribution < 1.29 is 22.7 Å². The average molecular weight is 409 g/mol. The Balaban J connectivity index is 1.53. The first-order chi connectivity index (χ1) is 14.0. The van der Waals surface area contributed by atoms with Gasteiger partial charge in [0.2, 0.25) is 5.75 Å². The van der Waals surface area contributed by atoms with E-state index in [1.54, 1.807) is 6.08 Å². The summed E-state index contributed by atoms with van der Waals surface area (Å²) in [5.74, 6) is -2.13. The molecule has 1 unspecified atom stereocenters. The van der Waals surface area contributed by atoms with Crippen molar-refractivity contribution in [3.8, 4) is 5.75 Å². The highest BCUT2D eigenvalue weighted by Crippen LogP contribution is 2.40. The first kappa shape index (κ1) is 21.9. The maximum atomic E-state index is 14.3. The number of benzene rings is 1. The molecule has 1 fully saturated rings. The number of hydrogen-bond donors (Lipinski definition) is 0. The Kier molecular flexibility index (Phi) is 7.79. The van der Waals surface area contributed by atoms with Gasteiger partial charge in [-0.15, -0.1) is 0 Å². The minimum absolute atomic E-state index is 0.0149. The highest BCUT2D eigenvalue weighted by atomic mass is 19.1. The molecule has 5 heteroatoms. The predicted molar refractivity (Wildman–Crippen MR) is 107 cm³/mol. The summed E-state index contributed by atoms with van der Waals surface area (Å²) in [6.45, 7) is 2.07. The van der Waals surface area contributed by atoms with E-state index in [0.29, 0.717) is 43.1 Å². The molecule has 3 rings (SSSR count). The Morgan fingerprint density at radius 3 is 2.28 bits per heavy atom. The Morgan fingerprint density at radius 2 is 1.69 bits per heavy atom. The van der Waals surface area contributed by atoms with E-state index in [1.165, 1.54) is 12.1 Å². The zero-order chi connectivity index (χ0) is 20.8. The van der Waals surface area contributed by atoms with Crippen molar-refractivity contribution in [2.24, 2.45) is 17.8 Å². The van der Waals surface area contributed by atoms with Crippen LogP contribution in [0.5, 0.6) is 5.75 Å². The van der Waals surface area contributed by atoms with Gasteiger partial charge in [0.25, 0.3) is 0 Å². The molecule has 0 amide bonds. The molecular formula is C24H31F3O2. The number of rotatable bonds is 7. The second kappa shape index (κ2) is 10.3. The van der Waals surface area contributed by atoms with Gasteiger partial charge < -0.3 is 4.74 Å². The van der Waals surface area contributed by atoms with Gasteiger partial charge in [-0.1, -0.05) is 25.8 Å². The average Bonchev–Trinajstić information content (AvgIpc) is 2.71. The van der Waals surface area contributed by atoms with Crippen molar-refractivity contribution in [2.75, 3.05) is 0 Å². The van der Waals surface area contributed by atoms with Crippen molar-refractivity contribution in [1.82, 2.24) is 0 Å². The standard InChI is InChI=1S/C24H31F3O2/c1-2-3-4-5-16-14-21(26)23(22(27)15-16)29-24(28)19-8-6-17(7-9-19)18-10-12-20(25)13-11-18/h12,14-15,17-19H,2-11,13H2,1H3/t17-,18?,19-. The lowest BCUT2D eigenvalue weighted by Crippen LogP contribution is -2.29. The van der Waals surface area contributed by atoms with Crippen molar-refractivity contribution in [2.45, 2.75) is 77.6 Å². The number of ether oxygens (including phenoxy) is 1. The van der Waals surface area contributed by atoms with Crippen LogP contribution in [-0.2, 0) is 11.2 Å². The minimum Gasteiger partial charge on any atom is -0.420 e. The molecule has 29 heavy (non-hydrogen) atoms. The van der Waals surface area contributed by atoms with Crippen LogP contribution in [0.2, 0.25) is 0 Å². The van der Waals surface area contributed by atoms with Gasteiger partial charge in [-0.2, -0.15) is 0 Å². The summed E-state index contributed by atoms with van der Waals surface area (Å²) in [7, 11) is 0. The highest BCUT2D eigenvalue weighted by Gasteiger charge is 2.33. The monoisotopic (exact) mass is 408 g/mol. The number of halogens is 3. The molecule has 2 aliphatic rings. The van der Waals surface area contributed by atoms with Crippen LogP contribution in [0.4, 0.5) is 13.2 Å². The van der Waals surface area contributed by atoms with Gasteiger partial charge in [0.15, 0.2) is 11.6 Å². The summed E-state index contributed by atoms with van der Waals surface area (Å²) in [6, 6.07) is 2.54. The van der Waals surface area contributed by atoms with Gasteiger partial charge >= 0.3 is 5.97 Å². The van der Waals surface area contributed by atoms with Gasteiger partial charge in [0, 0.05) is 0 Å². The van der Waals surface area contributed by atoms with Crippen LogP contribution in [0, 0.1) is 29.4 Å². The zero-order valence-electron chi connectivity index (χ0n) is 17.2. The smallest absolute Gasteiger partial charge is 0.314 e. The molecular weight excluding hydrogens is 377 g/mol. The van der Waals surface area contributed by atoms with Gasteiger partial charge in [-0.3, -0.25) is 4.79 Å². The molecule has 2 aliphatic carbocycles. The fourth-order valence-corrected chi connectivity index (χ4v) is 4.69. The van der Waals surface area contributed by atoms with Gasteiger partial charge in [0.05, 0.1) is 11.7 Å². The van der Waals surface area contributed by atoms with Crippen LogP contribution in [0.15, 0.2) is 24.0 Å². The van der Waals surface area contributed by atoms with E-state index in [4.69, 9.17) is 4.74 Å². The third-order valence-corrected chi connectivity index (χ3v) is 6.50. The van der Waals surface area contributed by atoms with Crippen molar-refractivity contribution >= 4 is 5.97 Å². The van der Waals surface area contributed by atoms with E-state index in [-0.39, 0.29) is 11.7 Å². The third-order valence-electron chi connectivity index (χ3n) is 6.50. The van der Waals surface area contributed by atoms with E-state index < -0.39 is 23.4 Å². The van der Waals surface area contributed by atoms with E-state index >= 15 is 0 Å². The largest absolute Gasteiger partial charge is 0.420 e. The second-order valence-electron chi connectivity index (χ2n) is 8.56. The van der Waals surface area contributed by atoms with Crippen LogP contribution in [-0.4, -0.2) is 5.97 Å². The number of carbonyl (C=O) groups is 1. The summed E-state index contributed by atoms with van der Waals surface area (Å²) in [4.78, 5) is 12.5. The molecule has 0 spiro atoms. The topological polar surface area (TPSA) is 26.3 Å². The zero-order valence-corrected chi connectivity index (χ0v) is 17.2. The van der Waals surface area contributed by atoms with Crippen molar-refractivity contribution in [3.05, 3.63) is 41.2 Å². The third kappa shape index (κ3) is 5.86. The van der Waals surface area contributed by atoms with Gasteiger partial charge in [-0.05, 0) is 87.3 Å². The quantitative estimate of drug-likeness (QED) is 0.274. The number of carbonyl (C=O) groups excluding carboxylic acids is 1. The van der Waals surface area contributed by atoms with Crippen LogP contribution in [0.25, 0.3) is 0 Å². The predicted octanol–water partition coefficient (Wildman–Crippen LogP) is 7.06. The van der Waals surface area contributed by atoms with E-state index in [2.05, 4.69) is 6.92 Å². The molecule has 0 bridgehead atoms. The summed E-state index contributed by atoms with van der Waals surface area (Å²) in [5.41, 5.74) is 0.590. The molecule has 0 heterocycles. The van der Waals surface area contributed by atoms with Crippen molar-refractivity contribution in [1.29, 1.82) is 0 Å². The molecule has 0 N–H and O–H groups in total. The number of allylic oxidation sites excluding steroid dienone is 2. The maximum absolute atomic E-state index is 14.3. The van der Waals surface area contributed by atoms with Crippen LogP contribution in [0.1, 0.15) is 76.7 Å². The Hall–Kier alpha value is -1.78. The number of esters is 1. The Labute approximate surface area is 171 Å². The van der Waals surface area contributed by atoms with Crippen LogP contribution < -0.4 is 4.74 Å². The minimum atomic E-state index is -0.811. The first-order valence-corrected chi connectivity index (χ1v) is 11.0.